The zero-order valence-electron chi connectivity index (χ0n) is 14.0. The minimum Gasteiger partial charge on any atom is -0.481 e. The topological polar surface area (TPSA) is 72.9 Å². The third-order valence-corrected chi connectivity index (χ3v) is 5.38. The standard InChI is InChI=1S/C16H29N3O3/c1-4-18(5-2)9-12(3)17-15(22)19-10-13-7-6-8-16(13,11-19)14(20)21/h12-13H,4-11H2,1-3H3,(H,17,22)(H,20,21)/t12?,13-,16+/m0/s1. The van der Waals surface area contributed by atoms with Gasteiger partial charge in [-0.1, -0.05) is 20.3 Å². The lowest BCUT2D eigenvalue weighted by atomic mass is 9.81. The summed E-state index contributed by atoms with van der Waals surface area (Å²) in [6, 6.07) is -0.0525. The van der Waals surface area contributed by atoms with Crippen LogP contribution in [0.25, 0.3) is 0 Å². The van der Waals surface area contributed by atoms with E-state index in [4.69, 9.17) is 0 Å². The van der Waals surface area contributed by atoms with E-state index in [1.807, 2.05) is 6.92 Å². The molecule has 0 spiro atoms. The lowest BCUT2D eigenvalue weighted by Crippen LogP contribution is -2.48. The molecule has 0 bridgehead atoms. The van der Waals surface area contributed by atoms with Gasteiger partial charge >= 0.3 is 12.0 Å². The van der Waals surface area contributed by atoms with Gasteiger partial charge in [0.1, 0.15) is 0 Å². The highest BCUT2D eigenvalue weighted by molar-refractivity contribution is 5.80. The molecule has 2 amide bonds. The van der Waals surface area contributed by atoms with E-state index >= 15 is 0 Å². The maximum absolute atomic E-state index is 12.4. The number of carbonyl (C=O) groups is 2. The molecule has 1 saturated carbocycles. The van der Waals surface area contributed by atoms with Crippen molar-refractivity contribution in [2.24, 2.45) is 11.3 Å². The van der Waals surface area contributed by atoms with Gasteiger partial charge in [-0.25, -0.2) is 4.79 Å². The molecule has 0 aromatic rings. The molecule has 1 heterocycles. The molecule has 0 aromatic heterocycles. The first-order valence-corrected chi connectivity index (χ1v) is 8.44. The van der Waals surface area contributed by atoms with Crippen molar-refractivity contribution in [3.8, 4) is 0 Å². The zero-order valence-corrected chi connectivity index (χ0v) is 14.0. The summed E-state index contributed by atoms with van der Waals surface area (Å²) in [6.45, 7) is 9.90. The first-order valence-electron chi connectivity index (χ1n) is 8.44. The summed E-state index contributed by atoms with van der Waals surface area (Å²) < 4.78 is 0. The van der Waals surface area contributed by atoms with Crippen molar-refractivity contribution >= 4 is 12.0 Å². The molecule has 22 heavy (non-hydrogen) atoms. The minimum absolute atomic E-state index is 0.0635. The fourth-order valence-electron chi connectivity index (χ4n) is 4.01. The number of hydrogen-bond acceptors (Lipinski definition) is 3. The Kier molecular flexibility index (Phi) is 5.32. The maximum atomic E-state index is 12.4. The molecule has 3 atom stereocenters. The number of aliphatic carboxylic acids is 1. The van der Waals surface area contributed by atoms with Gasteiger partial charge in [0, 0.05) is 25.7 Å². The number of rotatable bonds is 6. The Morgan fingerprint density at radius 1 is 1.41 bits per heavy atom. The van der Waals surface area contributed by atoms with Crippen molar-refractivity contribution in [3.63, 3.8) is 0 Å². The normalized spacial score (nSPS) is 28.7. The highest BCUT2D eigenvalue weighted by Gasteiger charge is 2.55. The van der Waals surface area contributed by atoms with Crippen LogP contribution >= 0.6 is 0 Å². The molecule has 1 unspecified atom stereocenters. The second-order valence-electron chi connectivity index (χ2n) is 6.77. The Bertz CT molecular complexity index is 425. The summed E-state index contributed by atoms with van der Waals surface area (Å²) in [6.07, 6.45) is 2.58. The predicted octanol–water partition coefficient (Wildman–Crippen LogP) is 1.61. The van der Waals surface area contributed by atoms with Crippen LogP contribution in [0.1, 0.15) is 40.0 Å². The van der Waals surface area contributed by atoms with Crippen LogP contribution in [0.2, 0.25) is 0 Å². The number of urea groups is 1. The molecule has 1 aliphatic carbocycles. The molecule has 6 heteroatoms. The number of nitrogens with zero attached hydrogens (tertiary/aromatic N) is 2. The lowest BCUT2D eigenvalue weighted by molar-refractivity contribution is -0.149. The third kappa shape index (κ3) is 3.21. The van der Waals surface area contributed by atoms with Gasteiger partial charge in [-0.05, 0) is 38.8 Å². The van der Waals surface area contributed by atoms with Gasteiger partial charge in [0.25, 0.3) is 0 Å². The molecule has 2 aliphatic rings. The van der Waals surface area contributed by atoms with Gasteiger partial charge in [-0.2, -0.15) is 0 Å². The van der Waals surface area contributed by atoms with E-state index in [0.29, 0.717) is 19.5 Å². The molecule has 2 fully saturated rings. The lowest BCUT2D eigenvalue weighted by Gasteiger charge is -2.27. The molecule has 0 radical (unpaired) electrons. The Balaban J connectivity index is 1.91. The summed E-state index contributed by atoms with van der Waals surface area (Å²) in [5.74, 6) is -0.615. The molecule has 2 N–H and O–H groups in total. The fraction of sp³-hybridized carbons (Fsp3) is 0.875. The predicted molar refractivity (Wildman–Crippen MR) is 84.8 cm³/mol. The Hall–Kier alpha value is -1.30. The van der Waals surface area contributed by atoms with E-state index in [2.05, 4.69) is 24.1 Å². The minimum atomic E-state index is -0.735. The second-order valence-corrected chi connectivity index (χ2v) is 6.77. The number of likely N-dealkylation sites (N-methyl/N-ethyl adjacent to an activating group) is 1. The average molecular weight is 311 g/mol. The Morgan fingerprint density at radius 2 is 2.09 bits per heavy atom. The first-order chi connectivity index (χ1) is 10.4. The molecule has 0 aromatic carbocycles. The highest BCUT2D eigenvalue weighted by atomic mass is 16.4. The van der Waals surface area contributed by atoms with E-state index in [1.54, 1.807) is 4.90 Å². The van der Waals surface area contributed by atoms with Crippen LogP contribution in [0.3, 0.4) is 0 Å². The van der Waals surface area contributed by atoms with E-state index in [0.717, 1.165) is 32.5 Å². The maximum Gasteiger partial charge on any atom is 0.317 e. The van der Waals surface area contributed by atoms with Crippen LogP contribution < -0.4 is 5.32 Å². The summed E-state index contributed by atoms with van der Waals surface area (Å²) >= 11 is 0. The van der Waals surface area contributed by atoms with Crippen molar-refractivity contribution in [1.82, 2.24) is 15.1 Å². The van der Waals surface area contributed by atoms with Crippen LogP contribution in [0.15, 0.2) is 0 Å². The molecule has 126 valence electrons. The molecule has 1 saturated heterocycles. The second kappa shape index (κ2) is 6.86. The summed E-state index contributed by atoms with van der Waals surface area (Å²) in [5, 5.41) is 12.6. The van der Waals surface area contributed by atoms with E-state index in [1.165, 1.54) is 0 Å². The van der Waals surface area contributed by atoms with Crippen LogP contribution in [-0.4, -0.2) is 65.7 Å². The number of likely N-dealkylation sites (tertiary alicyclic amines) is 1. The van der Waals surface area contributed by atoms with E-state index in [-0.39, 0.29) is 18.0 Å². The number of amides is 2. The quantitative estimate of drug-likeness (QED) is 0.782. The van der Waals surface area contributed by atoms with Gasteiger partial charge in [0.05, 0.1) is 5.41 Å². The summed E-state index contributed by atoms with van der Waals surface area (Å²) in [4.78, 5) is 28.0. The van der Waals surface area contributed by atoms with Crippen molar-refractivity contribution < 1.29 is 14.7 Å². The molecule has 1 aliphatic heterocycles. The van der Waals surface area contributed by atoms with Crippen LogP contribution in [0.5, 0.6) is 0 Å². The van der Waals surface area contributed by atoms with Crippen molar-refractivity contribution in [3.05, 3.63) is 0 Å². The van der Waals surface area contributed by atoms with Crippen LogP contribution in [-0.2, 0) is 4.79 Å². The van der Waals surface area contributed by atoms with Crippen LogP contribution in [0.4, 0.5) is 4.79 Å². The molecule has 6 nitrogen and oxygen atoms in total. The van der Waals surface area contributed by atoms with Gasteiger partial charge in [-0.15, -0.1) is 0 Å². The van der Waals surface area contributed by atoms with Crippen molar-refractivity contribution in [1.29, 1.82) is 0 Å². The third-order valence-electron chi connectivity index (χ3n) is 5.38. The molecule has 2 rings (SSSR count). The SMILES string of the molecule is CCN(CC)CC(C)NC(=O)N1C[C@@H]2CCC[C@@]2(C(=O)O)C1. The van der Waals surface area contributed by atoms with E-state index in [9.17, 15) is 14.7 Å². The van der Waals surface area contributed by atoms with Crippen LogP contribution in [0, 0.1) is 11.3 Å². The number of nitrogens with one attached hydrogen (secondary N) is 1. The van der Waals surface area contributed by atoms with Crippen molar-refractivity contribution in [2.75, 3.05) is 32.7 Å². The average Bonchev–Trinajstić information content (AvgIpc) is 3.02. The van der Waals surface area contributed by atoms with Gasteiger partial charge in [0.2, 0.25) is 0 Å². The van der Waals surface area contributed by atoms with Gasteiger partial charge in [-0.3, -0.25) is 4.79 Å². The summed E-state index contributed by atoms with van der Waals surface area (Å²) in [5.41, 5.74) is -0.695. The number of carbonyl (C=O) groups excluding carboxylic acids is 1. The summed E-state index contributed by atoms with van der Waals surface area (Å²) in [7, 11) is 0. The first kappa shape index (κ1) is 17.1. The molecular weight excluding hydrogens is 282 g/mol. The van der Waals surface area contributed by atoms with Gasteiger partial charge in [0.15, 0.2) is 0 Å². The smallest absolute Gasteiger partial charge is 0.317 e. The largest absolute Gasteiger partial charge is 0.481 e. The van der Waals surface area contributed by atoms with Gasteiger partial charge < -0.3 is 20.2 Å². The molecular formula is C16H29N3O3. The zero-order chi connectivity index (χ0) is 16.3. The monoisotopic (exact) mass is 311 g/mol. The number of hydrogen-bond donors (Lipinski definition) is 2. The number of fused-ring (bicyclic) bond motifs is 1. The van der Waals surface area contributed by atoms with E-state index < -0.39 is 11.4 Å². The fourth-order valence-corrected chi connectivity index (χ4v) is 4.01. The number of carboxylic acids is 1. The Labute approximate surface area is 132 Å². The van der Waals surface area contributed by atoms with Crippen molar-refractivity contribution in [2.45, 2.75) is 46.1 Å². The highest BCUT2D eigenvalue weighted by Crippen LogP contribution is 2.48. The number of carboxylic acid groups (broad SMARTS) is 1. The Morgan fingerprint density at radius 3 is 2.64 bits per heavy atom.